The van der Waals surface area contributed by atoms with E-state index in [9.17, 15) is 14.0 Å². The second-order valence-corrected chi connectivity index (χ2v) is 4.12. The maximum Gasteiger partial charge on any atom is 0.341 e. The van der Waals surface area contributed by atoms with Crippen LogP contribution in [0, 0.1) is 6.92 Å². The Bertz CT molecular complexity index is 664. The number of halogens is 1. The summed E-state index contributed by atoms with van der Waals surface area (Å²) in [5.74, 6) is -0.464. The van der Waals surface area contributed by atoms with Crippen LogP contribution in [0.5, 0.6) is 0 Å². The maximum absolute atomic E-state index is 12.7. The van der Waals surface area contributed by atoms with Crippen LogP contribution in [0.3, 0.4) is 0 Å². The van der Waals surface area contributed by atoms with Gasteiger partial charge in [0, 0.05) is 6.20 Å². The highest BCUT2D eigenvalue weighted by Crippen LogP contribution is 2.15. The Morgan fingerprint density at radius 1 is 1.40 bits per heavy atom. The average Bonchev–Trinajstić information content (AvgIpc) is 2.81. The van der Waals surface area contributed by atoms with Crippen molar-refractivity contribution in [2.24, 2.45) is 0 Å². The van der Waals surface area contributed by atoms with Gasteiger partial charge in [0.2, 0.25) is 0 Å². The first-order valence-electron chi connectivity index (χ1n) is 6.06. The van der Waals surface area contributed by atoms with E-state index in [2.05, 4.69) is 5.10 Å². The predicted octanol–water partition coefficient (Wildman–Crippen LogP) is 2.47. The van der Waals surface area contributed by atoms with Crippen molar-refractivity contribution in [1.82, 2.24) is 9.78 Å². The van der Waals surface area contributed by atoms with Crippen LogP contribution in [0.1, 0.15) is 33.3 Å². The fourth-order valence-electron chi connectivity index (χ4n) is 1.77. The van der Waals surface area contributed by atoms with Crippen molar-refractivity contribution in [3.8, 4) is 5.69 Å². The molecule has 1 aromatic heterocycles. The monoisotopic (exact) mass is 276 g/mol. The first-order chi connectivity index (χ1) is 9.52. The molecule has 104 valence electrons. The Morgan fingerprint density at radius 2 is 2.15 bits per heavy atom. The number of nitrogens with zero attached hydrogens (tertiary/aromatic N) is 2. The Labute approximate surface area is 115 Å². The summed E-state index contributed by atoms with van der Waals surface area (Å²) in [6.45, 7) is 3.66. The number of aromatic nitrogens is 2. The second kappa shape index (κ2) is 5.64. The normalized spacial score (nSPS) is 10.3. The van der Waals surface area contributed by atoms with Gasteiger partial charge < -0.3 is 4.74 Å². The van der Waals surface area contributed by atoms with Crippen molar-refractivity contribution in [1.29, 1.82) is 0 Å². The summed E-state index contributed by atoms with van der Waals surface area (Å²) < 4.78 is 19.0. The molecule has 0 N–H and O–H groups in total. The van der Waals surface area contributed by atoms with Crippen LogP contribution in [-0.2, 0) is 4.74 Å². The summed E-state index contributed by atoms with van der Waals surface area (Å²) in [4.78, 5) is 22.4. The van der Waals surface area contributed by atoms with Gasteiger partial charge in [0.1, 0.15) is 5.56 Å². The predicted molar refractivity (Wildman–Crippen MR) is 69.7 cm³/mol. The number of benzene rings is 1. The molecule has 2 rings (SSSR count). The molecule has 0 aliphatic rings. The third-order valence-electron chi connectivity index (χ3n) is 2.73. The molecule has 0 bridgehead atoms. The first-order valence-corrected chi connectivity index (χ1v) is 6.06. The van der Waals surface area contributed by atoms with Crippen molar-refractivity contribution in [3.63, 3.8) is 0 Å². The highest BCUT2D eigenvalue weighted by atomic mass is 19.1. The molecule has 1 heterocycles. The van der Waals surface area contributed by atoms with Crippen LogP contribution in [0.25, 0.3) is 5.69 Å². The lowest BCUT2D eigenvalue weighted by Crippen LogP contribution is -2.04. The molecule has 0 aliphatic heterocycles. The van der Waals surface area contributed by atoms with E-state index in [0.717, 1.165) is 0 Å². The van der Waals surface area contributed by atoms with Crippen LogP contribution in [0.4, 0.5) is 4.39 Å². The molecule has 0 saturated carbocycles. The van der Waals surface area contributed by atoms with Crippen LogP contribution < -0.4 is 0 Å². The van der Waals surface area contributed by atoms with E-state index in [1.54, 1.807) is 26.0 Å². The maximum atomic E-state index is 12.7. The van der Waals surface area contributed by atoms with E-state index in [1.165, 1.54) is 23.0 Å². The fourth-order valence-corrected chi connectivity index (χ4v) is 1.77. The minimum Gasteiger partial charge on any atom is -0.462 e. The minimum atomic E-state index is -1.51. The van der Waals surface area contributed by atoms with Crippen molar-refractivity contribution in [3.05, 3.63) is 47.3 Å². The molecular weight excluding hydrogens is 263 g/mol. The third kappa shape index (κ3) is 2.74. The van der Waals surface area contributed by atoms with Crippen LogP contribution in [-0.4, -0.2) is 28.4 Å². The lowest BCUT2D eigenvalue weighted by molar-refractivity contribution is 0.0525. The van der Waals surface area contributed by atoms with E-state index >= 15 is 0 Å². The van der Waals surface area contributed by atoms with Crippen LogP contribution >= 0.6 is 0 Å². The van der Waals surface area contributed by atoms with E-state index < -0.39 is 12.0 Å². The summed E-state index contributed by atoms with van der Waals surface area (Å²) in [6.07, 6.45) is 1.50. The number of carbonyl (C=O) groups excluding carboxylic acids is 2. The van der Waals surface area contributed by atoms with E-state index in [4.69, 9.17) is 4.74 Å². The molecule has 0 radical (unpaired) electrons. The van der Waals surface area contributed by atoms with E-state index in [1.807, 2.05) is 0 Å². The number of ether oxygens (including phenoxy) is 1. The van der Waals surface area contributed by atoms with Crippen LogP contribution in [0.2, 0.25) is 0 Å². The molecule has 1 aromatic carbocycles. The zero-order valence-electron chi connectivity index (χ0n) is 11.1. The number of hydrogen-bond donors (Lipinski definition) is 0. The smallest absolute Gasteiger partial charge is 0.341 e. The number of rotatable bonds is 4. The van der Waals surface area contributed by atoms with Gasteiger partial charge in [-0.25, -0.2) is 9.48 Å². The molecule has 0 fully saturated rings. The largest absolute Gasteiger partial charge is 0.462 e. The summed E-state index contributed by atoms with van der Waals surface area (Å²) >= 11 is 0. The van der Waals surface area contributed by atoms with Crippen molar-refractivity contribution < 1.29 is 18.7 Å². The SMILES string of the molecule is CCOC(=O)c1cn(-c2cccc(C(=O)F)c2)nc1C. The van der Waals surface area contributed by atoms with E-state index in [-0.39, 0.29) is 12.2 Å². The molecule has 6 heteroatoms. The quantitative estimate of drug-likeness (QED) is 0.635. The molecule has 2 aromatic rings. The van der Waals surface area contributed by atoms with Gasteiger partial charge in [-0.15, -0.1) is 0 Å². The summed E-state index contributed by atoms with van der Waals surface area (Å²) in [7, 11) is 0. The molecule has 5 nitrogen and oxygen atoms in total. The third-order valence-corrected chi connectivity index (χ3v) is 2.73. The van der Waals surface area contributed by atoms with Crippen LogP contribution in [0.15, 0.2) is 30.5 Å². The van der Waals surface area contributed by atoms with Gasteiger partial charge in [-0.05, 0) is 32.0 Å². The summed E-state index contributed by atoms with van der Waals surface area (Å²) in [5, 5.41) is 4.17. The highest BCUT2D eigenvalue weighted by molar-refractivity contribution is 5.90. The van der Waals surface area contributed by atoms with Gasteiger partial charge in [-0.2, -0.15) is 9.49 Å². The molecule has 0 unspecified atom stereocenters. The number of hydrogen-bond acceptors (Lipinski definition) is 4. The first kappa shape index (κ1) is 13.9. The lowest BCUT2D eigenvalue weighted by atomic mass is 10.2. The van der Waals surface area contributed by atoms with Gasteiger partial charge in [-0.1, -0.05) is 6.07 Å². The Hall–Kier alpha value is -2.50. The van der Waals surface area contributed by atoms with Gasteiger partial charge in [0.15, 0.2) is 0 Å². The molecule has 20 heavy (non-hydrogen) atoms. The molecule has 0 spiro atoms. The van der Waals surface area contributed by atoms with Gasteiger partial charge in [-0.3, -0.25) is 4.79 Å². The zero-order valence-corrected chi connectivity index (χ0v) is 11.1. The Morgan fingerprint density at radius 3 is 2.80 bits per heavy atom. The molecule has 0 atom stereocenters. The molecular formula is C14H13FN2O3. The Balaban J connectivity index is 2.39. The topological polar surface area (TPSA) is 61.2 Å². The second-order valence-electron chi connectivity index (χ2n) is 4.12. The molecule has 0 aliphatic carbocycles. The summed E-state index contributed by atoms with van der Waals surface area (Å²) in [6, 6.07) is 4.43. The van der Waals surface area contributed by atoms with Crippen molar-refractivity contribution in [2.45, 2.75) is 13.8 Å². The van der Waals surface area contributed by atoms with Gasteiger partial charge in [0.25, 0.3) is 0 Å². The van der Waals surface area contributed by atoms with E-state index in [0.29, 0.717) is 16.9 Å². The lowest BCUT2D eigenvalue weighted by Gasteiger charge is -2.01. The van der Waals surface area contributed by atoms with Crippen molar-refractivity contribution >= 4 is 12.0 Å². The average molecular weight is 276 g/mol. The van der Waals surface area contributed by atoms with Gasteiger partial charge >= 0.3 is 12.0 Å². The summed E-state index contributed by atoms with van der Waals surface area (Å²) in [5.41, 5.74) is 1.27. The minimum absolute atomic E-state index is 0.0617. The molecule has 0 saturated heterocycles. The highest BCUT2D eigenvalue weighted by Gasteiger charge is 2.15. The number of carbonyl (C=O) groups is 2. The number of esters is 1. The zero-order chi connectivity index (χ0) is 14.7. The Kier molecular flexibility index (Phi) is 3.93. The van der Waals surface area contributed by atoms with Crippen molar-refractivity contribution in [2.75, 3.05) is 6.61 Å². The van der Waals surface area contributed by atoms with Gasteiger partial charge in [0.05, 0.1) is 23.6 Å². The molecule has 0 amide bonds. The number of aryl methyl sites for hydroxylation is 1. The standard InChI is InChI=1S/C14H13FN2O3/c1-3-20-14(19)12-8-17(16-9(12)2)11-6-4-5-10(7-11)13(15)18/h4-8H,3H2,1-2H3. The fraction of sp³-hybridized carbons (Fsp3) is 0.214.